The maximum atomic E-state index is 13.0. The lowest BCUT2D eigenvalue weighted by molar-refractivity contribution is -0.137. The Morgan fingerprint density at radius 2 is 1.70 bits per heavy atom. The molecule has 5 nitrogen and oxygen atoms in total. The van der Waals surface area contributed by atoms with Crippen molar-refractivity contribution in [3.63, 3.8) is 0 Å². The van der Waals surface area contributed by atoms with Crippen molar-refractivity contribution in [2.45, 2.75) is 6.18 Å². The molecule has 1 aliphatic rings. The van der Waals surface area contributed by atoms with Crippen LogP contribution >= 0.6 is 0 Å². The predicted octanol–water partition coefficient (Wildman–Crippen LogP) is 3.31. The summed E-state index contributed by atoms with van der Waals surface area (Å²) in [6, 6.07) is 10.7. The van der Waals surface area contributed by atoms with Gasteiger partial charge in [0.05, 0.1) is 11.1 Å². The summed E-state index contributed by atoms with van der Waals surface area (Å²) in [5.41, 5.74) is 6.96. The highest BCUT2D eigenvalue weighted by Crippen LogP contribution is 2.34. The van der Waals surface area contributed by atoms with Crippen LogP contribution in [0, 0.1) is 0 Å². The Balaban J connectivity index is 1.79. The second kappa shape index (κ2) is 6.70. The van der Waals surface area contributed by atoms with Gasteiger partial charge >= 0.3 is 6.18 Å². The summed E-state index contributed by atoms with van der Waals surface area (Å²) in [7, 11) is 0. The summed E-state index contributed by atoms with van der Waals surface area (Å²) in [5, 5.41) is 4.12. The largest absolute Gasteiger partial charge is 0.416 e. The molecule has 0 radical (unpaired) electrons. The Bertz CT molecular complexity index is 981. The van der Waals surface area contributed by atoms with Crippen molar-refractivity contribution < 1.29 is 13.2 Å². The van der Waals surface area contributed by atoms with Crippen molar-refractivity contribution in [3.05, 3.63) is 48.0 Å². The molecule has 0 saturated carbocycles. The molecule has 3 aromatic rings. The minimum Gasteiger partial charge on any atom is -0.368 e. The van der Waals surface area contributed by atoms with E-state index in [-0.39, 0.29) is 5.95 Å². The van der Waals surface area contributed by atoms with Gasteiger partial charge in [0.25, 0.3) is 0 Å². The molecule has 0 amide bonds. The molecule has 0 spiro atoms. The van der Waals surface area contributed by atoms with Crippen molar-refractivity contribution in [2.75, 3.05) is 36.8 Å². The molecule has 4 rings (SSSR count). The summed E-state index contributed by atoms with van der Waals surface area (Å²) in [4.78, 5) is 10.8. The SMILES string of the molecule is Nc1nc(N2CCNCC2)c2ccc(-c3cccc(C(F)(F)F)c3)cc2n1. The third-order valence-electron chi connectivity index (χ3n) is 4.63. The minimum atomic E-state index is -4.38. The molecule has 0 atom stereocenters. The third kappa shape index (κ3) is 3.52. The highest BCUT2D eigenvalue weighted by atomic mass is 19.4. The fourth-order valence-electron chi connectivity index (χ4n) is 3.30. The lowest BCUT2D eigenvalue weighted by atomic mass is 10.0. The van der Waals surface area contributed by atoms with Crippen LogP contribution in [-0.2, 0) is 6.18 Å². The van der Waals surface area contributed by atoms with Crippen LogP contribution in [0.5, 0.6) is 0 Å². The number of nitrogen functional groups attached to an aromatic ring is 1. The predicted molar refractivity (Wildman–Crippen MR) is 99.5 cm³/mol. The smallest absolute Gasteiger partial charge is 0.368 e. The van der Waals surface area contributed by atoms with Gasteiger partial charge < -0.3 is 16.0 Å². The number of piperazine rings is 1. The molecule has 2 aromatic carbocycles. The Morgan fingerprint density at radius 1 is 0.963 bits per heavy atom. The van der Waals surface area contributed by atoms with Crippen LogP contribution in [0.15, 0.2) is 42.5 Å². The fourth-order valence-corrected chi connectivity index (χ4v) is 3.30. The number of nitrogens with zero attached hydrogens (tertiary/aromatic N) is 3. The van der Waals surface area contributed by atoms with E-state index in [9.17, 15) is 13.2 Å². The van der Waals surface area contributed by atoms with E-state index in [0.717, 1.165) is 49.5 Å². The number of hydrogen-bond donors (Lipinski definition) is 2. The molecule has 2 heterocycles. The van der Waals surface area contributed by atoms with Crippen molar-refractivity contribution >= 4 is 22.7 Å². The number of aromatic nitrogens is 2. The number of nitrogens with one attached hydrogen (secondary N) is 1. The van der Waals surface area contributed by atoms with Gasteiger partial charge in [-0.25, -0.2) is 4.98 Å². The second-order valence-corrected chi connectivity index (χ2v) is 6.45. The van der Waals surface area contributed by atoms with Gasteiger partial charge in [-0.1, -0.05) is 18.2 Å². The van der Waals surface area contributed by atoms with Crippen LogP contribution in [-0.4, -0.2) is 36.1 Å². The number of fused-ring (bicyclic) bond motifs is 1. The highest BCUT2D eigenvalue weighted by Gasteiger charge is 2.30. The third-order valence-corrected chi connectivity index (χ3v) is 4.63. The van der Waals surface area contributed by atoms with Crippen LogP contribution in [0.2, 0.25) is 0 Å². The van der Waals surface area contributed by atoms with Crippen molar-refractivity contribution in [1.82, 2.24) is 15.3 Å². The quantitative estimate of drug-likeness (QED) is 0.721. The van der Waals surface area contributed by atoms with Crippen molar-refractivity contribution in [3.8, 4) is 11.1 Å². The molecular formula is C19H18F3N5. The lowest BCUT2D eigenvalue weighted by Crippen LogP contribution is -2.44. The van der Waals surface area contributed by atoms with Gasteiger partial charge in [0.15, 0.2) is 0 Å². The number of halogens is 3. The van der Waals surface area contributed by atoms with Crippen molar-refractivity contribution in [1.29, 1.82) is 0 Å². The molecule has 140 valence electrons. The summed E-state index contributed by atoms with van der Waals surface area (Å²) in [6.07, 6.45) is -4.38. The Labute approximate surface area is 154 Å². The van der Waals surface area contributed by atoms with Gasteiger partial charge in [0, 0.05) is 31.6 Å². The zero-order chi connectivity index (χ0) is 19.0. The van der Waals surface area contributed by atoms with E-state index in [2.05, 4.69) is 20.2 Å². The number of hydrogen-bond acceptors (Lipinski definition) is 5. The standard InChI is InChI=1S/C19H18F3N5/c20-19(21,22)14-3-1-2-12(10-14)13-4-5-15-16(11-13)25-18(23)26-17(15)27-8-6-24-7-9-27/h1-5,10-11,24H,6-9H2,(H2,23,25,26). The molecule has 0 aliphatic carbocycles. The molecule has 27 heavy (non-hydrogen) atoms. The van der Waals surface area contributed by atoms with Gasteiger partial charge in [0.2, 0.25) is 5.95 Å². The minimum absolute atomic E-state index is 0.150. The van der Waals surface area contributed by atoms with E-state index in [1.165, 1.54) is 6.07 Å². The molecule has 1 aromatic heterocycles. The first-order valence-electron chi connectivity index (χ1n) is 8.62. The first kappa shape index (κ1) is 17.5. The molecule has 1 aliphatic heterocycles. The van der Waals surface area contributed by atoms with Gasteiger partial charge in [-0.2, -0.15) is 18.2 Å². The first-order chi connectivity index (χ1) is 12.9. The van der Waals surface area contributed by atoms with Crippen LogP contribution in [0.25, 0.3) is 22.0 Å². The lowest BCUT2D eigenvalue weighted by Gasteiger charge is -2.29. The Kier molecular flexibility index (Phi) is 4.35. The second-order valence-electron chi connectivity index (χ2n) is 6.45. The first-order valence-corrected chi connectivity index (χ1v) is 8.62. The van der Waals surface area contributed by atoms with E-state index in [1.807, 2.05) is 6.07 Å². The number of benzene rings is 2. The molecule has 1 fully saturated rings. The van der Waals surface area contributed by atoms with E-state index in [4.69, 9.17) is 5.73 Å². The number of rotatable bonds is 2. The van der Waals surface area contributed by atoms with Crippen LogP contribution in [0.4, 0.5) is 24.9 Å². The van der Waals surface area contributed by atoms with Gasteiger partial charge in [0.1, 0.15) is 5.82 Å². The summed E-state index contributed by atoms with van der Waals surface area (Å²) in [5.74, 6) is 0.909. The summed E-state index contributed by atoms with van der Waals surface area (Å²) >= 11 is 0. The Morgan fingerprint density at radius 3 is 2.44 bits per heavy atom. The van der Waals surface area contributed by atoms with Crippen LogP contribution in [0.1, 0.15) is 5.56 Å². The summed E-state index contributed by atoms with van der Waals surface area (Å²) < 4.78 is 39.0. The average molecular weight is 373 g/mol. The van der Waals surface area contributed by atoms with Gasteiger partial charge in [-0.3, -0.25) is 0 Å². The molecular weight excluding hydrogens is 355 g/mol. The zero-order valence-electron chi connectivity index (χ0n) is 14.4. The van der Waals surface area contributed by atoms with E-state index >= 15 is 0 Å². The maximum absolute atomic E-state index is 13.0. The normalized spacial score (nSPS) is 15.3. The zero-order valence-corrected chi connectivity index (χ0v) is 14.4. The number of nitrogens with two attached hydrogens (primary N) is 1. The van der Waals surface area contributed by atoms with E-state index < -0.39 is 11.7 Å². The highest BCUT2D eigenvalue weighted by molar-refractivity contribution is 5.93. The number of alkyl halides is 3. The topological polar surface area (TPSA) is 67.1 Å². The molecule has 1 saturated heterocycles. The monoisotopic (exact) mass is 373 g/mol. The molecule has 3 N–H and O–H groups in total. The molecule has 0 unspecified atom stereocenters. The molecule has 8 heteroatoms. The van der Waals surface area contributed by atoms with Crippen molar-refractivity contribution in [2.24, 2.45) is 0 Å². The maximum Gasteiger partial charge on any atom is 0.416 e. The number of anilines is 2. The van der Waals surface area contributed by atoms with E-state index in [0.29, 0.717) is 16.6 Å². The van der Waals surface area contributed by atoms with E-state index in [1.54, 1.807) is 18.2 Å². The Hall–Kier alpha value is -2.87. The van der Waals surface area contributed by atoms with Crippen LogP contribution in [0.3, 0.4) is 0 Å². The summed E-state index contributed by atoms with van der Waals surface area (Å²) in [6.45, 7) is 3.32. The van der Waals surface area contributed by atoms with Crippen LogP contribution < -0.4 is 16.0 Å². The average Bonchev–Trinajstić information content (AvgIpc) is 2.67. The fraction of sp³-hybridized carbons (Fsp3) is 0.263. The molecule has 0 bridgehead atoms. The van der Waals surface area contributed by atoms with Gasteiger partial charge in [-0.05, 0) is 35.4 Å². The van der Waals surface area contributed by atoms with Gasteiger partial charge in [-0.15, -0.1) is 0 Å².